The molecular formula is C25H19F2N3O4S. The van der Waals surface area contributed by atoms with Crippen LogP contribution in [0.1, 0.15) is 18.2 Å². The maximum Gasteiger partial charge on any atom is 0.332 e. The normalized spacial score (nSPS) is 11.9. The average Bonchev–Trinajstić information content (AvgIpc) is 3.47. The Bertz CT molecular complexity index is 1680. The molecule has 0 saturated heterocycles. The number of halogens is 2. The number of rotatable bonds is 6. The quantitative estimate of drug-likeness (QED) is 0.368. The van der Waals surface area contributed by atoms with Crippen LogP contribution in [-0.2, 0) is 23.8 Å². The summed E-state index contributed by atoms with van der Waals surface area (Å²) < 4.78 is 36.7. The molecule has 5 rings (SSSR count). The van der Waals surface area contributed by atoms with Crippen LogP contribution < -0.4 is 16.6 Å². The fraction of sp³-hybridized carbons (Fsp3) is 0.160. The highest BCUT2D eigenvalue weighted by Crippen LogP contribution is 2.33. The third-order valence-corrected chi connectivity index (χ3v) is 6.76. The fourth-order valence-corrected chi connectivity index (χ4v) is 5.20. The van der Waals surface area contributed by atoms with Crippen LogP contribution >= 0.6 is 11.3 Å². The summed E-state index contributed by atoms with van der Waals surface area (Å²) >= 11 is 1.22. The summed E-state index contributed by atoms with van der Waals surface area (Å²) in [6.45, 7) is 0.160. The van der Waals surface area contributed by atoms with Crippen molar-refractivity contribution in [1.29, 1.82) is 0 Å². The molecule has 0 bridgehead atoms. The Kier molecular flexibility index (Phi) is 5.60. The van der Waals surface area contributed by atoms with Gasteiger partial charge in [-0.15, -0.1) is 11.3 Å². The Morgan fingerprint density at radius 2 is 1.77 bits per heavy atom. The molecule has 0 fully saturated rings. The van der Waals surface area contributed by atoms with Crippen LogP contribution in [-0.4, -0.2) is 15.0 Å². The number of para-hydroxylation sites is 1. The summed E-state index contributed by atoms with van der Waals surface area (Å²) in [6, 6.07) is 16.1. The molecule has 0 unspecified atom stereocenters. The second-order valence-electron chi connectivity index (χ2n) is 8.10. The zero-order valence-corrected chi connectivity index (χ0v) is 19.3. The van der Waals surface area contributed by atoms with E-state index in [0.717, 1.165) is 16.2 Å². The lowest BCUT2D eigenvalue weighted by atomic mass is 10.1. The van der Waals surface area contributed by atoms with Gasteiger partial charge in [0.25, 0.3) is 11.5 Å². The number of nitrogens with zero attached hydrogens (tertiary/aromatic N) is 2. The first-order valence-corrected chi connectivity index (χ1v) is 11.5. The van der Waals surface area contributed by atoms with E-state index in [1.54, 1.807) is 24.3 Å². The fourth-order valence-electron chi connectivity index (χ4n) is 4.05. The van der Waals surface area contributed by atoms with E-state index >= 15 is 0 Å². The molecule has 0 radical (unpaired) electrons. The second kappa shape index (κ2) is 8.62. The molecule has 5 aromatic rings. The van der Waals surface area contributed by atoms with Gasteiger partial charge in [0.05, 0.1) is 18.3 Å². The number of fused-ring (bicyclic) bond motifs is 3. The molecule has 35 heavy (non-hydrogen) atoms. The van der Waals surface area contributed by atoms with E-state index in [0.29, 0.717) is 21.4 Å². The zero-order chi connectivity index (χ0) is 24.7. The highest BCUT2D eigenvalue weighted by atomic mass is 32.1. The number of nitrogens with one attached hydrogen (secondary N) is 1. The van der Waals surface area contributed by atoms with Gasteiger partial charge < -0.3 is 9.73 Å². The minimum Gasteiger partial charge on any atom is -0.467 e. The maximum absolute atomic E-state index is 14.0. The smallest absolute Gasteiger partial charge is 0.332 e. The molecule has 3 heterocycles. The van der Waals surface area contributed by atoms with Gasteiger partial charge in [-0.05, 0) is 24.3 Å². The number of furan rings is 1. The van der Waals surface area contributed by atoms with Crippen molar-refractivity contribution >= 4 is 43.2 Å². The van der Waals surface area contributed by atoms with Gasteiger partial charge in [-0.3, -0.25) is 18.7 Å². The molecule has 0 atom stereocenters. The first kappa shape index (κ1) is 22.7. The summed E-state index contributed by atoms with van der Waals surface area (Å²) in [6.07, 6.45) is 1.44. The molecule has 0 spiro atoms. The summed E-state index contributed by atoms with van der Waals surface area (Å²) in [5.74, 6) is -3.45. The molecule has 3 aromatic heterocycles. The molecule has 178 valence electrons. The van der Waals surface area contributed by atoms with Crippen molar-refractivity contribution in [3.8, 4) is 0 Å². The molecule has 10 heteroatoms. The highest BCUT2D eigenvalue weighted by molar-refractivity contribution is 7.25. The predicted octanol–water partition coefficient (Wildman–Crippen LogP) is 4.77. The molecule has 1 amide bonds. The third kappa shape index (κ3) is 4.17. The summed E-state index contributed by atoms with van der Waals surface area (Å²) in [7, 11) is 0. The van der Waals surface area contributed by atoms with Crippen molar-refractivity contribution in [2.45, 2.75) is 25.9 Å². The number of carbonyl (C=O) groups is 1. The molecule has 0 saturated carbocycles. The lowest BCUT2D eigenvalue weighted by molar-refractivity contribution is -0.116. The molecule has 0 aliphatic carbocycles. The van der Waals surface area contributed by atoms with Crippen molar-refractivity contribution in [3.05, 3.63) is 99.1 Å². The van der Waals surface area contributed by atoms with E-state index in [-0.39, 0.29) is 17.8 Å². The monoisotopic (exact) mass is 495 g/mol. The van der Waals surface area contributed by atoms with Crippen molar-refractivity contribution in [2.75, 3.05) is 5.32 Å². The topological polar surface area (TPSA) is 86.2 Å². The van der Waals surface area contributed by atoms with Crippen molar-refractivity contribution in [3.63, 3.8) is 0 Å². The summed E-state index contributed by atoms with van der Waals surface area (Å²) in [4.78, 5) is 39.7. The van der Waals surface area contributed by atoms with E-state index in [9.17, 15) is 23.2 Å². The van der Waals surface area contributed by atoms with Gasteiger partial charge in [0.1, 0.15) is 17.0 Å². The Morgan fingerprint density at radius 3 is 2.51 bits per heavy atom. The Hall–Kier alpha value is -4.05. The van der Waals surface area contributed by atoms with Gasteiger partial charge >= 0.3 is 5.69 Å². The summed E-state index contributed by atoms with van der Waals surface area (Å²) in [5, 5.41) is 3.15. The molecule has 0 aliphatic rings. The lowest BCUT2D eigenvalue weighted by Crippen LogP contribution is -2.41. The highest BCUT2D eigenvalue weighted by Gasteiger charge is 2.28. The van der Waals surface area contributed by atoms with E-state index in [4.69, 9.17) is 4.42 Å². The number of anilines is 1. The average molecular weight is 496 g/mol. The Balaban J connectivity index is 1.63. The minimum atomic E-state index is -3.17. The van der Waals surface area contributed by atoms with E-state index in [1.807, 2.05) is 12.1 Å². The van der Waals surface area contributed by atoms with Crippen LogP contribution in [0.5, 0.6) is 0 Å². The number of hydrogen-bond donors (Lipinski definition) is 1. The number of hydrogen-bond acceptors (Lipinski definition) is 5. The number of thiophene rings is 1. The molecular weight excluding hydrogens is 476 g/mol. The lowest BCUT2D eigenvalue weighted by Gasteiger charge is -2.17. The number of aromatic nitrogens is 2. The summed E-state index contributed by atoms with van der Waals surface area (Å²) in [5.41, 5.74) is -1.24. The van der Waals surface area contributed by atoms with E-state index < -0.39 is 29.6 Å². The molecule has 1 N–H and O–H groups in total. The van der Waals surface area contributed by atoms with Crippen LogP contribution in [0.15, 0.2) is 80.9 Å². The SMILES string of the molecule is CC(F)(F)c1ccccc1NC(=O)Cn1c(=O)n(Cc2ccco2)c(=O)c2sc3ccccc3c21. The van der Waals surface area contributed by atoms with Gasteiger partial charge in [-0.25, -0.2) is 13.6 Å². The van der Waals surface area contributed by atoms with Crippen LogP contribution in [0.25, 0.3) is 20.3 Å². The molecule has 0 aliphatic heterocycles. The van der Waals surface area contributed by atoms with Crippen LogP contribution in [0.2, 0.25) is 0 Å². The maximum atomic E-state index is 14.0. The van der Waals surface area contributed by atoms with Crippen LogP contribution in [0.4, 0.5) is 14.5 Å². The van der Waals surface area contributed by atoms with Gasteiger partial charge in [0.2, 0.25) is 5.91 Å². The van der Waals surface area contributed by atoms with Gasteiger partial charge in [0.15, 0.2) is 0 Å². The Morgan fingerprint density at radius 1 is 1.03 bits per heavy atom. The zero-order valence-electron chi connectivity index (χ0n) is 18.5. The predicted molar refractivity (Wildman–Crippen MR) is 130 cm³/mol. The first-order valence-electron chi connectivity index (χ1n) is 10.7. The van der Waals surface area contributed by atoms with Crippen LogP contribution in [0, 0.1) is 0 Å². The van der Waals surface area contributed by atoms with Crippen LogP contribution in [0.3, 0.4) is 0 Å². The molecule has 2 aromatic carbocycles. The third-order valence-electron chi connectivity index (χ3n) is 5.61. The number of carbonyl (C=O) groups excluding carboxylic acids is 1. The minimum absolute atomic E-state index is 0.0478. The number of benzene rings is 2. The van der Waals surface area contributed by atoms with Gasteiger partial charge in [-0.1, -0.05) is 36.4 Å². The van der Waals surface area contributed by atoms with E-state index in [1.165, 1.54) is 46.4 Å². The standard InChI is InChI=1S/C25H19F2N3O4S/c1-25(26,27)17-9-3-4-10-18(17)28-20(31)14-29-21-16-8-2-5-11-19(16)35-22(21)23(32)30(24(29)33)13-15-7-6-12-34-15/h2-12H,13-14H2,1H3,(H,28,31). The van der Waals surface area contributed by atoms with Gasteiger partial charge in [-0.2, -0.15) is 0 Å². The number of alkyl halides is 2. The van der Waals surface area contributed by atoms with Crippen molar-refractivity contribution in [2.24, 2.45) is 0 Å². The van der Waals surface area contributed by atoms with Gasteiger partial charge in [0, 0.05) is 28.3 Å². The second-order valence-corrected chi connectivity index (χ2v) is 9.15. The van der Waals surface area contributed by atoms with E-state index in [2.05, 4.69) is 5.32 Å². The van der Waals surface area contributed by atoms with Crippen molar-refractivity contribution < 1.29 is 18.0 Å². The Labute approximate surface area is 200 Å². The number of amides is 1. The molecule has 7 nitrogen and oxygen atoms in total. The first-order chi connectivity index (χ1) is 16.7. The van der Waals surface area contributed by atoms with Crippen molar-refractivity contribution in [1.82, 2.24) is 9.13 Å². The largest absolute Gasteiger partial charge is 0.467 e.